The van der Waals surface area contributed by atoms with Gasteiger partial charge in [-0.25, -0.2) is 0 Å². The number of fused-ring (bicyclic) bond motifs is 1. The number of aliphatic imine (C=N–C) groups is 1. The lowest BCUT2D eigenvalue weighted by Crippen LogP contribution is -2.24. The molecule has 1 aromatic heterocycles. The van der Waals surface area contributed by atoms with E-state index in [1.54, 1.807) is 24.4 Å². The number of rotatable bonds is 4. The summed E-state index contributed by atoms with van der Waals surface area (Å²) in [6, 6.07) is 15.0. The maximum absolute atomic E-state index is 12.3. The van der Waals surface area contributed by atoms with Crippen LogP contribution in [0.1, 0.15) is 16.0 Å². The van der Waals surface area contributed by atoms with Gasteiger partial charge in [0, 0.05) is 23.0 Å². The molecule has 6 nitrogen and oxygen atoms in total. The highest BCUT2D eigenvalue weighted by atomic mass is 32.1. The normalized spacial score (nSPS) is 13.7. The lowest BCUT2D eigenvalue weighted by molar-refractivity contribution is -0.116. The van der Waals surface area contributed by atoms with Gasteiger partial charge in [-0.3, -0.25) is 19.1 Å². The van der Waals surface area contributed by atoms with E-state index in [0.29, 0.717) is 10.6 Å². The molecule has 28 heavy (non-hydrogen) atoms. The summed E-state index contributed by atoms with van der Waals surface area (Å²) in [5.41, 5.74) is 4.31. The number of aromatic nitrogens is 1. The fourth-order valence-corrected chi connectivity index (χ4v) is 3.76. The van der Waals surface area contributed by atoms with Gasteiger partial charge in [0.2, 0.25) is 11.8 Å². The number of aromatic hydroxyl groups is 1. The molecular weight excluding hydrogens is 374 g/mol. The van der Waals surface area contributed by atoms with Crippen molar-refractivity contribution in [3.8, 4) is 5.88 Å². The summed E-state index contributed by atoms with van der Waals surface area (Å²) in [7, 11) is 0. The van der Waals surface area contributed by atoms with Crippen molar-refractivity contribution >= 4 is 46.5 Å². The lowest BCUT2D eigenvalue weighted by Gasteiger charge is -2.07. The summed E-state index contributed by atoms with van der Waals surface area (Å²) in [6.45, 7) is 1.70. The fraction of sp³-hybridized carbons (Fsp3) is 0.0952. The van der Waals surface area contributed by atoms with Gasteiger partial charge in [-0.15, -0.1) is 0 Å². The molecule has 1 aliphatic heterocycles. The standard InChI is InChI=1S/C21H17N3O3S/c1-13-6-8-15(9-7-13)23-19(25)12-24-20(26)18(28-21(24)27)10-14-11-22-17-5-3-2-4-16(14)17/h2-11,26H,12H2,1H3,(H,23,25)/b14-10+. The molecule has 1 amide bonds. The fourth-order valence-electron chi connectivity index (χ4n) is 2.92. The van der Waals surface area contributed by atoms with Crippen LogP contribution in [0, 0.1) is 6.92 Å². The quantitative estimate of drug-likeness (QED) is 0.709. The predicted molar refractivity (Wildman–Crippen MR) is 113 cm³/mol. The number of hydrogen-bond acceptors (Lipinski definition) is 5. The minimum absolute atomic E-state index is 0.223. The number of aryl methyl sites for hydroxylation is 1. The molecule has 0 spiro atoms. The summed E-state index contributed by atoms with van der Waals surface area (Å²) in [6.07, 6.45) is 3.41. The summed E-state index contributed by atoms with van der Waals surface area (Å²) in [4.78, 5) is 28.9. The molecule has 0 unspecified atom stereocenters. The first-order chi connectivity index (χ1) is 13.5. The molecule has 3 aromatic rings. The highest BCUT2D eigenvalue weighted by Gasteiger charge is 2.18. The Kier molecular flexibility index (Phi) is 4.67. The minimum Gasteiger partial charge on any atom is -0.493 e. The second-order valence-corrected chi connectivity index (χ2v) is 7.42. The van der Waals surface area contributed by atoms with Crippen molar-refractivity contribution in [3.05, 3.63) is 74.2 Å². The third-order valence-corrected chi connectivity index (χ3v) is 5.29. The molecule has 4 rings (SSSR count). The highest BCUT2D eigenvalue weighted by Crippen LogP contribution is 2.34. The van der Waals surface area contributed by atoms with E-state index in [1.807, 2.05) is 43.3 Å². The Labute approximate surface area is 165 Å². The number of allylic oxidation sites excluding steroid dienone is 1. The van der Waals surface area contributed by atoms with E-state index in [9.17, 15) is 14.7 Å². The number of nitrogens with zero attached hydrogens (tertiary/aromatic N) is 2. The largest absolute Gasteiger partial charge is 0.493 e. The molecule has 0 saturated heterocycles. The number of amides is 1. The van der Waals surface area contributed by atoms with Crippen molar-refractivity contribution in [1.82, 2.24) is 4.57 Å². The third kappa shape index (κ3) is 3.52. The van der Waals surface area contributed by atoms with Crippen molar-refractivity contribution in [3.63, 3.8) is 0 Å². The zero-order valence-electron chi connectivity index (χ0n) is 15.0. The second-order valence-electron chi connectivity index (χ2n) is 6.43. The topological polar surface area (TPSA) is 83.7 Å². The van der Waals surface area contributed by atoms with E-state index in [4.69, 9.17) is 0 Å². The van der Waals surface area contributed by atoms with Crippen LogP contribution in [-0.2, 0) is 11.3 Å². The summed E-state index contributed by atoms with van der Waals surface area (Å²) < 4.78 is 1.07. The van der Waals surface area contributed by atoms with E-state index in [-0.39, 0.29) is 18.3 Å². The third-order valence-electron chi connectivity index (χ3n) is 4.38. The number of hydrogen-bond donors (Lipinski definition) is 2. The van der Waals surface area contributed by atoms with Gasteiger partial charge < -0.3 is 10.4 Å². The van der Waals surface area contributed by atoms with Gasteiger partial charge in [0.25, 0.3) is 0 Å². The number of nitrogens with one attached hydrogen (secondary N) is 1. The van der Waals surface area contributed by atoms with E-state index >= 15 is 0 Å². The van der Waals surface area contributed by atoms with Crippen LogP contribution < -0.4 is 10.2 Å². The Morgan fingerprint density at radius 2 is 1.96 bits per heavy atom. The van der Waals surface area contributed by atoms with Gasteiger partial charge in [0.15, 0.2) is 0 Å². The van der Waals surface area contributed by atoms with Crippen molar-refractivity contribution in [2.75, 3.05) is 5.32 Å². The molecule has 2 heterocycles. The molecule has 0 bridgehead atoms. The number of carbonyl (C=O) groups is 1. The average molecular weight is 391 g/mol. The molecule has 140 valence electrons. The summed E-state index contributed by atoms with van der Waals surface area (Å²) in [5, 5.41) is 13.2. The van der Waals surface area contributed by atoms with Gasteiger partial charge in [-0.1, -0.05) is 47.2 Å². The van der Waals surface area contributed by atoms with Gasteiger partial charge in [-0.2, -0.15) is 0 Å². The van der Waals surface area contributed by atoms with Gasteiger partial charge in [0.05, 0.1) is 10.6 Å². The maximum Gasteiger partial charge on any atom is 0.311 e. The highest BCUT2D eigenvalue weighted by molar-refractivity contribution is 7.10. The Hall–Kier alpha value is -3.45. The predicted octanol–water partition coefficient (Wildman–Crippen LogP) is 3.82. The van der Waals surface area contributed by atoms with E-state index < -0.39 is 4.87 Å². The number of benzene rings is 2. The molecule has 1 aliphatic rings. The maximum atomic E-state index is 12.3. The zero-order chi connectivity index (χ0) is 19.7. The Morgan fingerprint density at radius 3 is 2.75 bits per heavy atom. The van der Waals surface area contributed by atoms with Gasteiger partial charge in [0.1, 0.15) is 6.54 Å². The Balaban J connectivity index is 1.56. The number of anilines is 1. The zero-order valence-corrected chi connectivity index (χ0v) is 15.9. The first-order valence-corrected chi connectivity index (χ1v) is 9.47. The molecule has 7 heteroatoms. The SMILES string of the molecule is Cc1ccc(NC(=O)Cn2c(O)c(/C=C3\C=Nc4ccccc43)sc2=O)cc1. The molecule has 0 saturated carbocycles. The van der Waals surface area contributed by atoms with Crippen LogP contribution in [0.25, 0.3) is 11.6 Å². The molecule has 0 aliphatic carbocycles. The van der Waals surface area contributed by atoms with Crippen LogP contribution in [0.2, 0.25) is 0 Å². The van der Waals surface area contributed by atoms with Crippen molar-refractivity contribution in [2.45, 2.75) is 13.5 Å². The smallest absolute Gasteiger partial charge is 0.311 e. The van der Waals surface area contributed by atoms with E-state index in [0.717, 1.165) is 38.3 Å². The van der Waals surface area contributed by atoms with E-state index in [1.165, 1.54) is 0 Å². The number of thiazole rings is 1. The van der Waals surface area contributed by atoms with Crippen molar-refractivity contribution in [2.24, 2.45) is 4.99 Å². The van der Waals surface area contributed by atoms with Gasteiger partial charge >= 0.3 is 4.87 Å². The Morgan fingerprint density at radius 1 is 1.21 bits per heavy atom. The van der Waals surface area contributed by atoms with Crippen LogP contribution >= 0.6 is 11.3 Å². The number of carbonyl (C=O) groups excluding carboxylic acids is 1. The minimum atomic E-state index is -0.397. The lowest BCUT2D eigenvalue weighted by atomic mass is 10.1. The molecule has 0 radical (unpaired) electrons. The van der Waals surface area contributed by atoms with Crippen LogP contribution in [0.15, 0.2) is 58.3 Å². The summed E-state index contributed by atoms with van der Waals surface area (Å²) in [5.74, 6) is -0.606. The van der Waals surface area contributed by atoms with Crippen LogP contribution in [0.3, 0.4) is 0 Å². The van der Waals surface area contributed by atoms with Crippen LogP contribution in [0.4, 0.5) is 11.4 Å². The van der Waals surface area contributed by atoms with E-state index in [2.05, 4.69) is 10.3 Å². The molecule has 0 fully saturated rings. The molecule has 2 N–H and O–H groups in total. The summed E-state index contributed by atoms with van der Waals surface area (Å²) >= 11 is 0.892. The Bertz CT molecular complexity index is 1170. The number of para-hydroxylation sites is 1. The monoisotopic (exact) mass is 391 g/mol. The van der Waals surface area contributed by atoms with Crippen molar-refractivity contribution in [1.29, 1.82) is 0 Å². The average Bonchev–Trinajstić information content (AvgIpc) is 3.20. The second kappa shape index (κ2) is 7.28. The molecule has 0 atom stereocenters. The van der Waals surface area contributed by atoms with Crippen LogP contribution in [-0.4, -0.2) is 21.8 Å². The molecule has 2 aromatic carbocycles. The first kappa shape index (κ1) is 17.9. The molecular formula is C21H17N3O3S. The first-order valence-electron chi connectivity index (χ1n) is 8.65. The van der Waals surface area contributed by atoms with Crippen molar-refractivity contribution < 1.29 is 9.90 Å². The van der Waals surface area contributed by atoms with Gasteiger partial charge in [-0.05, 0) is 31.2 Å². The van der Waals surface area contributed by atoms with Crippen LogP contribution in [0.5, 0.6) is 5.88 Å².